The van der Waals surface area contributed by atoms with Gasteiger partial charge in [-0.05, 0) is 12.1 Å². The fraction of sp³-hybridized carbons (Fsp3) is 0.588. The van der Waals surface area contributed by atoms with Gasteiger partial charge >= 0.3 is 6.03 Å². The lowest BCUT2D eigenvalue weighted by atomic mass is 10.2. The first-order valence-electron chi connectivity index (χ1n) is 8.59. The molecule has 0 atom stereocenters. The molecular formula is C17H26N4O3. The molecule has 0 unspecified atom stereocenters. The predicted molar refractivity (Wildman–Crippen MR) is 93.8 cm³/mol. The number of carbonyl (C=O) groups is 1. The summed E-state index contributed by atoms with van der Waals surface area (Å²) in [4.78, 5) is 16.7. The summed E-state index contributed by atoms with van der Waals surface area (Å²) in [7, 11) is 0. The summed E-state index contributed by atoms with van der Waals surface area (Å²) in [5.74, 6) is 0. The molecule has 0 bridgehead atoms. The number of para-hydroxylation sites is 2. The van der Waals surface area contributed by atoms with Gasteiger partial charge in [0.2, 0.25) is 0 Å². The Morgan fingerprint density at radius 3 is 2.42 bits per heavy atom. The number of rotatable bonds is 5. The first-order chi connectivity index (χ1) is 11.8. The van der Waals surface area contributed by atoms with Gasteiger partial charge in [0.1, 0.15) is 0 Å². The first kappa shape index (κ1) is 17.0. The number of urea groups is 1. The van der Waals surface area contributed by atoms with Crippen LogP contribution in [0.2, 0.25) is 0 Å². The van der Waals surface area contributed by atoms with Crippen LogP contribution < -0.4 is 15.5 Å². The van der Waals surface area contributed by atoms with Crippen molar-refractivity contribution in [3.05, 3.63) is 24.3 Å². The molecule has 1 aromatic carbocycles. The third kappa shape index (κ3) is 4.83. The monoisotopic (exact) mass is 334 g/mol. The van der Waals surface area contributed by atoms with Gasteiger partial charge in [-0.1, -0.05) is 12.1 Å². The van der Waals surface area contributed by atoms with Crippen LogP contribution in [0.5, 0.6) is 0 Å². The number of amides is 2. The molecule has 2 heterocycles. The van der Waals surface area contributed by atoms with Gasteiger partial charge < -0.3 is 25.0 Å². The zero-order valence-corrected chi connectivity index (χ0v) is 14.0. The van der Waals surface area contributed by atoms with Crippen molar-refractivity contribution in [2.24, 2.45) is 0 Å². The average Bonchev–Trinajstić information content (AvgIpc) is 2.64. The summed E-state index contributed by atoms with van der Waals surface area (Å²) in [5.41, 5.74) is 1.88. The van der Waals surface area contributed by atoms with Crippen LogP contribution in [0.15, 0.2) is 24.3 Å². The van der Waals surface area contributed by atoms with E-state index < -0.39 is 0 Å². The van der Waals surface area contributed by atoms with E-state index in [0.717, 1.165) is 70.5 Å². The molecule has 2 aliphatic heterocycles. The van der Waals surface area contributed by atoms with Crippen LogP contribution in [0.1, 0.15) is 0 Å². The van der Waals surface area contributed by atoms with E-state index >= 15 is 0 Å². The number of ether oxygens (including phenoxy) is 2. The summed E-state index contributed by atoms with van der Waals surface area (Å²) >= 11 is 0. The van der Waals surface area contributed by atoms with E-state index in [0.29, 0.717) is 6.54 Å². The molecule has 132 valence electrons. The molecule has 7 nitrogen and oxygen atoms in total. The van der Waals surface area contributed by atoms with Crippen molar-refractivity contribution >= 4 is 17.4 Å². The minimum atomic E-state index is -0.163. The normalized spacial score (nSPS) is 19.1. The summed E-state index contributed by atoms with van der Waals surface area (Å²) in [6.45, 7) is 8.03. The average molecular weight is 334 g/mol. The number of carbonyl (C=O) groups excluding carboxylic acids is 1. The fourth-order valence-corrected chi connectivity index (χ4v) is 2.98. The van der Waals surface area contributed by atoms with Gasteiger partial charge in [0, 0.05) is 39.3 Å². The standard InChI is InChI=1S/C17H26N4O3/c22-17(18-5-6-20-7-11-23-12-8-20)19-15-3-1-2-4-16(15)21-9-13-24-14-10-21/h1-4H,5-14H2,(H2,18,19,22). The molecule has 2 aliphatic rings. The Morgan fingerprint density at radius 1 is 1.00 bits per heavy atom. The number of hydrogen-bond donors (Lipinski definition) is 2. The second-order valence-corrected chi connectivity index (χ2v) is 5.95. The molecule has 2 N–H and O–H groups in total. The zero-order chi connectivity index (χ0) is 16.6. The summed E-state index contributed by atoms with van der Waals surface area (Å²) in [6, 6.07) is 7.74. The molecule has 1 aromatic rings. The van der Waals surface area contributed by atoms with Crippen molar-refractivity contribution in [1.29, 1.82) is 0 Å². The van der Waals surface area contributed by atoms with Crippen LogP contribution in [0.4, 0.5) is 16.2 Å². The summed E-state index contributed by atoms with van der Waals surface area (Å²) in [6.07, 6.45) is 0. The van der Waals surface area contributed by atoms with E-state index in [1.54, 1.807) is 0 Å². The SMILES string of the molecule is O=C(NCCN1CCOCC1)Nc1ccccc1N1CCOCC1. The van der Waals surface area contributed by atoms with E-state index in [1.807, 2.05) is 24.3 Å². The van der Waals surface area contributed by atoms with Crippen molar-refractivity contribution in [3.63, 3.8) is 0 Å². The van der Waals surface area contributed by atoms with Crippen molar-refractivity contribution in [2.75, 3.05) is 75.9 Å². The largest absolute Gasteiger partial charge is 0.379 e. The van der Waals surface area contributed by atoms with Gasteiger partial charge in [-0.2, -0.15) is 0 Å². The van der Waals surface area contributed by atoms with Crippen molar-refractivity contribution in [3.8, 4) is 0 Å². The number of hydrogen-bond acceptors (Lipinski definition) is 5. The summed E-state index contributed by atoms with van der Waals surface area (Å²) in [5, 5.41) is 5.90. The Labute approximate surface area is 142 Å². The zero-order valence-electron chi connectivity index (χ0n) is 14.0. The molecule has 0 aromatic heterocycles. The van der Waals surface area contributed by atoms with Gasteiger partial charge in [-0.3, -0.25) is 4.90 Å². The van der Waals surface area contributed by atoms with Gasteiger partial charge in [0.05, 0.1) is 37.8 Å². The smallest absolute Gasteiger partial charge is 0.319 e. The molecule has 24 heavy (non-hydrogen) atoms. The third-order valence-corrected chi connectivity index (χ3v) is 4.32. The maximum Gasteiger partial charge on any atom is 0.319 e. The van der Waals surface area contributed by atoms with E-state index in [4.69, 9.17) is 9.47 Å². The van der Waals surface area contributed by atoms with Gasteiger partial charge in [0.15, 0.2) is 0 Å². The lowest BCUT2D eigenvalue weighted by molar-refractivity contribution is 0.0388. The predicted octanol–water partition coefficient (Wildman–Crippen LogP) is 0.977. The van der Waals surface area contributed by atoms with Gasteiger partial charge in [-0.15, -0.1) is 0 Å². The van der Waals surface area contributed by atoms with Crippen molar-refractivity contribution < 1.29 is 14.3 Å². The number of nitrogens with zero attached hydrogens (tertiary/aromatic N) is 2. The quantitative estimate of drug-likeness (QED) is 0.840. The highest BCUT2D eigenvalue weighted by molar-refractivity contribution is 5.93. The van der Waals surface area contributed by atoms with Gasteiger partial charge in [0.25, 0.3) is 0 Å². The van der Waals surface area contributed by atoms with Crippen LogP contribution in [0.3, 0.4) is 0 Å². The highest BCUT2D eigenvalue weighted by atomic mass is 16.5. The van der Waals surface area contributed by atoms with Crippen molar-refractivity contribution in [2.45, 2.75) is 0 Å². The van der Waals surface area contributed by atoms with Crippen LogP contribution in [0.25, 0.3) is 0 Å². The minimum Gasteiger partial charge on any atom is -0.379 e. The molecule has 0 aliphatic carbocycles. The summed E-state index contributed by atoms with van der Waals surface area (Å²) < 4.78 is 10.7. The lowest BCUT2D eigenvalue weighted by Crippen LogP contribution is -2.42. The highest BCUT2D eigenvalue weighted by Gasteiger charge is 2.16. The number of anilines is 2. The third-order valence-electron chi connectivity index (χ3n) is 4.32. The Hall–Kier alpha value is -1.83. The van der Waals surface area contributed by atoms with Crippen LogP contribution in [0, 0.1) is 0 Å². The number of morpholine rings is 2. The first-order valence-corrected chi connectivity index (χ1v) is 8.59. The Kier molecular flexibility index (Phi) is 6.28. The molecule has 2 amide bonds. The van der Waals surface area contributed by atoms with E-state index in [1.165, 1.54) is 0 Å². The second-order valence-electron chi connectivity index (χ2n) is 5.95. The molecule has 0 spiro atoms. The molecule has 0 radical (unpaired) electrons. The molecule has 2 saturated heterocycles. The van der Waals surface area contributed by atoms with Crippen molar-refractivity contribution in [1.82, 2.24) is 10.2 Å². The topological polar surface area (TPSA) is 66.1 Å². The lowest BCUT2D eigenvalue weighted by Gasteiger charge is -2.30. The van der Waals surface area contributed by atoms with Crippen LogP contribution in [-0.4, -0.2) is 76.6 Å². The maximum absolute atomic E-state index is 12.2. The number of benzene rings is 1. The molecule has 3 rings (SSSR count). The second kappa shape index (κ2) is 8.86. The molecule has 7 heteroatoms. The highest BCUT2D eigenvalue weighted by Crippen LogP contribution is 2.26. The molecule has 2 fully saturated rings. The van der Waals surface area contributed by atoms with E-state index in [9.17, 15) is 4.79 Å². The Morgan fingerprint density at radius 2 is 1.67 bits per heavy atom. The van der Waals surface area contributed by atoms with Crippen LogP contribution in [-0.2, 0) is 9.47 Å². The molecule has 0 saturated carbocycles. The van der Waals surface area contributed by atoms with E-state index in [-0.39, 0.29) is 6.03 Å². The molecular weight excluding hydrogens is 308 g/mol. The number of nitrogens with one attached hydrogen (secondary N) is 2. The van der Waals surface area contributed by atoms with E-state index in [2.05, 4.69) is 20.4 Å². The fourth-order valence-electron chi connectivity index (χ4n) is 2.98. The minimum absolute atomic E-state index is 0.163. The maximum atomic E-state index is 12.2. The van der Waals surface area contributed by atoms with Crippen LogP contribution >= 0.6 is 0 Å². The Bertz CT molecular complexity index is 528. The Balaban J connectivity index is 1.48. The van der Waals surface area contributed by atoms with Gasteiger partial charge in [-0.25, -0.2) is 4.79 Å².